The van der Waals surface area contributed by atoms with Crippen molar-refractivity contribution in [3.8, 4) is 0 Å². The number of hydrogen-bond donors (Lipinski definition) is 0. The van der Waals surface area contributed by atoms with Crippen LogP contribution >= 0.6 is 15.9 Å². The number of nitrogens with zero attached hydrogens (tertiary/aromatic N) is 1. The van der Waals surface area contributed by atoms with Gasteiger partial charge in [-0.3, -0.25) is 0 Å². The molecule has 84 valence electrons. The lowest BCUT2D eigenvalue weighted by atomic mass is 10.2. The zero-order valence-corrected chi connectivity index (χ0v) is 8.33. The molecule has 0 amide bonds. The lowest BCUT2D eigenvalue weighted by molar-refractivity contribution is -0.143. The van der Waals surface area contributed by atoms with Crippen LogP contribution in [0.3, 0.4) is 0 Å². The van der Waals surface area contributed by atoms with Gasteiger partial charge in [-0.1, -0.05) is 0 Å². The summed E-state index contributed by atoms with van der Waals surface area (Å²) in [6, 6.07) is 0. The van der Waals surface area contributed by atoms with Crippen molar-refractivity contribution in [2.24, 2.45) is 0 Å². The van der Waals surface area contributed by atoms with Gasteiger partial charge in [-0.2, -0.15) is 13.2 Å². The highest BCUT2D eigenvalue weighted by atomic mass is 79.9. The Bertz CT molecular complexity index is 374. The van der Waals surface area contributed by atoms with E-state index in [1.165, 1.54) is 0 Å². The van der Waals surface area contributed by atoms with Gasteiger partial charge >= 0.3 is 6.18 Å². The Morgan fingerprint density at radius 1 is 1.27 bits per heavy atom. The van der Waals surface area contributed by atoms with Crippen molar-refractivity contribution in [1.82, 2.24) is 4.98 Å². The molecule has 1 rings (SSSR count). The molecule has 8 heteroatoms. The molecule has 0 unspecified atom stereocenters. The number of halogens is 7. The summed E-state index contributed by atoms with van der Waals surface area (Å²) >= 11 is 2.33. The molecule has 15 heavy (non-hydrogen) atoms. The molecule has 1 nitrogen and oxygen atoms in total. The highest BCUT2D eigenvalue weighted by Gasteiger charge is 2.38. The van der Waals surface area contributed by atoms with Crippen LogP contribution in [0.15, 0.2) is 10.7 Å². The van der Waals surface area contributed by atoms with E-state index < -0.39 is 34.1 Å². The first kappa shape index (κ1) is 12.3. The monoisotopic (exact) mass is 293 g/mol. The van der Waals surface area contributed by atoms with Crippen molar-refractivity contribution in [1.29, 1.82) is 0 Å². The summed E-state index contributed by atoms with van der Waals surface area (Å²) in [5, 5.41) is 0. The van der Waals surface area contributed by atoms with Gasteiger partial charge in [-0.05, 0) is 15.9 Å². The minimum Gasteiger partial charge on any atom is -0.248 e. The fourth-order valence-electron chi connectivity index (χ4n) is 0.828. The molecule has 1 aromatic heterocycles. The van der Waals surface area contributed by atoms with Crippen LogP contribution < -0.4 is 0 Å². The highest BCUT2D eigenvalue weighted by Crippen LogP contribution is 2.36. The highest BCUT2D eigenvalue weighted by molar-refractivity contribution is 9.10. The molecule has 0 bridgehead atoms. The Labute approximate surface area is 88.2 Å². The van der Waals surface area contributed by atoms with Crippen molar-refractivity contribution < 1.29 is 26.3 Å². The van der Waals surface area contributed by atoms with E-state index in [2.05, 4.69) is 20.9 Å². The van der Waals surface area contributed by atoms with E-state index in [0.717, 1.165) is 0 Å². The molecule has 0 N–H and O–H groups in total. The van der Waals surface area contributed by atoms with Crippen LogP contribution in [-0.2, 0) is 6.18 Å². The first-order valence-corrected chi connectivity index (χ1v) is 4.23. The van der Waals surface area contributed by atoms with Gasteiger partial charge in [-0.15, -0.1) is 0 Å². The van der Waals surface area contributed by atoms with Crippen molar-refractivity contribution in [2.75, 3.05) is 0 Å². The summed E-state index contributed by atoms with van der Waals surface area (Å²) < 4.78 is 72.4. The zero-order chi connectivity index (χ0) is 11.8. The first-order chi connectivity index (χ1) is 6.75. The second-order valence-corrected chi connectivity index (χ2v) is 3.28. The first-order valence-electron chi connectivity index (χ1n) is 3.44. The van der Waals surface area contributed by atoms with Crippen molar-refractivity contribution >= 4 is 15.9 Å². The summed E-state index contributed by atoms with van der Waals surface area (Å²) in [7, 11) is 0. The van der Waals surface area contributed by atoms with E-state index in [1.54, 1.807) is 0 Å². The van der Waals surface area contributed by atoms with Gasteiger partial charge in [0, 0.05) is 6.20 Å². The predicted molar refractivity (Wildman–Crippen MR) is 41.9 cm³/mol. The van der Waals surface area contributed by atoms with E-state index in [1.807, 2.05) is 0 Å². The minimum atomic E-state index is -5.01. The van der Waals surface area contributed by atoms with Crippen LogP contribution in [0.2, 0.25) is 0 Å². The Morgan fingerprint density at radius 3 is 2.20 bits per heavy atom. The fourth-order valence-corrected chi connectivity index (χ4v) is 1.29. The topological polar surface area (TPSA) is 12.9 Å². The van der Waals surface area contributed by atoms with Crippen molar-refractivity contribution in [3.63, 3.8) is 0 Å². The summed E-state index contributed by atoms with van der Waals surface area (Å²) in [6.07, 6.45) is -7.81. The maximum absolute atomic E-state index is 13.0. The number of aromatic nitrogens is 1. The molecule has 0 radical (unpaired) electrons. The quantitative estimate of drug-likeness (QED) is 0.715. The largest absolute Gasteiger partial charge is 0.436 e. The van der Waals surface area contributed by atoms with E-state index >= 15 is 0 Å². The zero-order valence-electron chi connectivity index (χ0n) is 6.75. The molecule has 1 heterocycles. The van der Waals surface area contributed by atoms with Crippen LogP contribution in [0.5, 0.6) is 0 Å². The Morgan fingerprint density at radius 2 is 1.80 bits per heavy atom. The Balaban J connectivity index is 3.34. The summed E-state index contributed by atoms with van der Waals surface area (Å²) in [5.74, 6) is -1.83. The Hall–Kier alpha value is -0.790. The molecule has 0 atom stereocenters. The third-order valence-electron chi connectivity index (χ3n) is 1.49. The van der Waals surface area contributed by atoms with Gasteiger partial charge in [0.15, 0.2) is 11.5 Å². The molecule has 0 saturated carbocycles. The SMILES string of the molecule is Fc1c(C(F)(F)F)ncc(C(F)F)c1Br. The van der Waals surface area contributed by atoms with E-state index in [4.69, 9.17) is 0 Å². The molecule has 0 aromatic carbocycles. The number of hydrogen-bond acceptors (Lipinski definition) is 1. The average molecular weight is 294 g/mol. The maximum Gasteiger partial charge on any atom is 0.436 e. The molecular weight excluding hydrogens is 292 g/mol. The predicted octanol–water partition coefficient (Wildman–Crippen LogP) is 3.94. The average Bonchev–Trinajstić information content (AvgIpc) is 2.06. The van der Waals surface area contributed by atoms with E-state index in [-0.39, 0.29) is 0 Å². The molecular formula is C7H2BrF6N. The second kappa shape index (κ2) is 3.99. The van der Waals surface area contributed by atoms with Gasteiger partial charge in [0.05, 0.1) is 10.0 Å². The van der Waals surface area contributed by atoms with E-state index in [9.17, 15) is 26.3 Å². The third kappa shape index (κ3) is 2.42. The van der Waals surface area contributed by atoms with Crippen LogP contribution in [0.1, 0.15) is 17.7 Å². The molecule has 0 spiro atoms. The maximum atomic E-state index is 13.0. The lowest BCUT2D eigenvalue weighted by Gasteiger charge is -2.10. The van der Waals surface area contributed by atoms with Crippen LogP contribution in [0, 0.1) is 5.82 Å². The van der Waals surface area contributed by atoms with Gasteiger partial charge in [0.25, 0.3) is 6.43 Å². The summed E-state index contributed by atoms with van der Waals surface area (Å²) in [4.78, 5) is 2.62. The third-order valence-corrected chi connectivity index (χ3v) is 2.30. The van der Waals surface area contributed by atoms with Gasteiger partial charge in [0.1, 0.15) is 0 Å². The van der Waals surface area contributed by atoms with Crippen LogP contribution in [-0.4, -0.2) is 4.98 Å². The fraction of sp³-hybridized carbons (Fsp3) is 0.286. The molecule has 0 fully saturated rings. The molecule has 0 aliphatic heterocycles. The summed E-state index contributed by atoms with van der Waals surface area (Å²) in [5.41, 5.74) is -2.74. The van der Waals surface area contributed by atoms with E-state index in [0.29, 0.717) is 6.20 Å². The van der Waals surface area contributed by atoms with Crippen molar-refractivity contribution in [2.45, 2.75) is 12.6 Å². The van der Waals surface area contributed by atoms with Crippen LogP contribution in [0.4, 0.5) is 26.3 Å². The Kier molecular flexibility index (Phi) is 3.27. The second-order valence-electron chi connectivity index (χ2n) is 2.49. The number of rotatable bonds is 1. The number of pyridine rings is 1. The summed E-state index contributed by atoms with van der Waals surface area (Å²) in [6.45, 7) is 0. The molecule has 0 aliphatic carbocycles. The smallest absolute Gasteiger partial charge is 0.248 e. The molecule has 1 aromatic rings. The molecule has 0 aliphatic rings. The number of alkyl halides is 5. The van der Waals surface area contributed by atoms with Gasteiger partial charge in [0.2, 0.25) is 0 Å². The van der Waals surface area contributed by atoms with Gasteiger partial charge < -0.3 is 0 Å². The van der Waals surface area contributed by atoms with Crippen molar-refractivity contribution in [3.05, 3.63) is 27.7 Å². The minimum absolute atomic E-state index is 0.292. The van der Waals surface area contributed by atoms with Crippen LogP contribution in [0.25, 0.3) is 0 Å². The lowest BCUT2D eigenvalue weighted by Crippen LogP contribution is -2.12. The normalized spacial score (nSPS) is 12.3. The molecule has 0 saturated heterocycles. The van der Waals surface area contributed by atoms with Gasteiger partial charge in [-0.25, -0.2) is 18.2 Å². The standard InChI is InChI=1S/C7H2BrF6N/c8-3-2(6(10)11)1-15-5(4(3)9)7(12,13)14/h1,6H.